The lowest BCUT2D eigenvalue weighted by Gasteiger charge is -1.97. The van der Waals surface area contributed by atoms with Gasteiger partial charge in [0.15, 0.2) is 0 Å². The molecule has 1 aromatic carbocycles. The van der Waals surface area contributed by atoms with Crippen LogP contribution >= 0.6 is 11.6 Å². The van der Waals surface area contributed by atoms with Crippen molar-refractivity contribution in [2.45, 2.75) is 0 Å². The number of nitrogen functional groups attached to an aromatic ring is 1. The number of rotatable bonds is 3. The number of carbonyl (C=O) groups is 1. The quantitative estimate of drug-likeness (QED) is 0.638. The largest absolute Gasteiger partial charge is 0.379 e. The van der Waals surface area contributed by atoms with Crippen LogP contribution in [0.5, 0.6) is 0 Å². The van der Waals surface area contributed by atoms with Gasteiger partial charge in [0.05, 0.1) is 6.21 Å². The summed E-state index contributed by atoms with van der Waals surface area (Å²) < 4.78 is 4.29. The molecule has 0 radical (unpaired) electrons. The molecule has 7 nitrogen and oxygen atoms in total. The Bertz CT molecular complexity index is 595. The highest BCUT2D eigenvalue weighted by Crippen LogP contribution is 2.12. The summed E-state index contributed by atoms with van der Waals surface area (Å²) in [6.07, 6.45) is 1.41. The molecule has 0 bridgehead atoms. The topological polar surface area (TPSA) is 106 Å². The van der Waals surface area contributed by atoms with Gasteiger partial charge in [0.25, 0.3) is 5.91 Å². The van der Waals surface area contributed by atoms with Crippen LogP contribution in [0.2, 0.25) is 5.02 Å². The van der Waals surface area contributed by atoms with E-state index in [-0.39, 0.29) is 11.5 Å². The van der Waals surface area contributed by atoms with E-state index in [0.717, 1.165) is 0 Å². The Morgan fingerprint density at radius 3 is 2.89 bits per heavy atom. The normalized spacial score (nSPS) is 10.7. The molecule has 0 saturated heterocycles. The molecular formula is C10H8ClN5O2. The van der Waals surface area contributed by atoms with Crippen molar-refractivity contribution in [2.75, 3.05) is 5.73 Å². The number of hydrogen-bond acceptors (Lipinski definition) is 6. The van der Waals surface area contributed by atoms with Gasteiger partial charge in [-0.1, -0.05) is 29.8 Å². The third-order valence-corrected chi connectivity index (χ3v) is 2.35. The highest BCUT2D eigenvalue weighted by atomic mass is 35.5. The highest BCUT2D eigenvalue weighted by Gasteiger charge is 2.14. The molecule has 0 spiro atoms. The Morgan fingerprint density at radius 2 is 2.22 bits per heavy atom. The summed E-state index contributed by atoms with van der Waals surface area (Å²) in [6, 6.07) is 7.06. The fourth-order valence-electron chi connectivity index (χ4n) is 1.15. The average Bonchev–Trinajstić information content (AvgIpc) is 2.78. The summed E-state index contributed by atoms with van der Waals surface area (Å²) in [4.78, 5) is 11.5. The van der Waals surface area contributed by atoms with Gasteiger partial charge in [-0.05, 0) is 16.4 Å². The second kappa shape index (κ2) is 5.28. The molecule has 0 saturated carbocycles. The number of nitrogens with zero attached hydrogens (tertiary/aromatic N) is 3. The van der Waals surface area contributed by atoms with Gasteiger partial charge in [0.1, 0.15) is 0 Å². The van der Waals surface area contributed by atoms with Crippen molar-refractivity contribution in [2.24, 2.45) is 5.10 Å². The lowest BCUT2D eigenvalue weighted by Crippen LogP contribution is -2.19. The van der Waals surface area contributed by atoms with Crippen LogP contribution in [0.1, 0.15) is 16.1 Å². The predicted molar refractivity (Wildman–Crippen MR) is 65.2 cm³/mol. The zero-order valence-electron chi connectivity index (χ0n) is 9.00. The van der Waals surface area contributed by atoms with Gasteiger partial charge in [-0.15, -0.1) is 0 Å². The van der Waals surface area contributed by atoms with Gasteiger partial charge in [0.2, 0.25) is 11.5 Å². The van der Waals surface area contributed by atoms with Crippen molar-refractivity contribution in [1.82, 2.24) is 15.7 Å². The van der Waals surface area contributed by atoms with Crippen molar-refractivity contribution in [3.63, 3.8) is 0 Å². The summed E-state index contributed by atoms with van der Waals surface area (Å²) in [5.74, 6) is -0.711. The van der Waals surface area contributed by atoms with Crippen molar-refractivity contribution in [3.05, 3.63) is 40.5 Å². The van der Waals surface area contributed by atoms with Gasteiger partial charge in [-0.25, -0.2) is 10.1 Å². The molecule has 0 fully saturated rings. The van der Waals surface area contributed by atoms with Crippen LogP contribution in [0.25, 0.3) is 0 Å². The molecule has 1 heterocycles. The second-order valence-electron chi connectivity index (χ2n) is 3.22. The van der Waals surface area contributed by atoms with Gasteiger partial charge in [-0.2, -0.15) is 5.10 Å². The van der Waals surface area contributed by atoms with Crippen LogP contribution in [0.4, 0.5) is 5.82 Å². The van der Waals surface area contributed by atoms with Crippen molar-refractivity contribution < 1.29 is 9.42 Å². The highest BCUT2D eigenvalue weighted by molar-refractivity contribution is 6.33. The molecule has 8 heteroatoms. The Balaban J connectivity index is 2.03. The molecule has 0 aliphatic heterocycles. The fraction of sp³-hybridized carbons (Fsp3) is 0. The number of nitrogens with one attached hydrogen (secondary N) is 1. The zero-order valence-corrected chi connectivity index (χ0v) is 9.76. The molecule has 2 rings (SSSR count). The monoisotopic (exact) mass is 265 g/mol. The minimum absolute atomic E-state index is 0.0968. The van der Waals surface area contributed by atoms with Crippen molar-refractivity contribution in [3.8, 4) is 0 Å². The summed E-state index contributed by atoms with van der Waals surface area (Å²) in [6.45, 7) is 0. The summed E-state index contributed by atoms with van der Waals surface area (Å²) in [5.41, 5.74) is 8.13. The molecule has 2 aromatic rings. The zero-order chi connectivity index (χ0) is 13.0. The van der Waals surface area contributed by atoms with E-state index in [4.69, 9.17) is 17.3 Å². The van der Waals surface area contributed by atoms with E-state index in [1.54, 1.807) is 24.3 Å². The predicted octanol–water partition coefficient (Wildman–Crippen LogP) is 1.07. The van der Waals surface area contributed by atoms with Crippen molar-refractivity contribution >= 4 is 29.5 Å². The lowest BCUT2D eigenvalue weighted by atomic mass is 10.2. The number of carbonyl (C=O) groups excluding carboxylic acids is 1. The van der Waals surface area contributed by atoms with Crippen LogP contribution in [-0.2, 0) is 0 Å². The van der Waals surface area contributed by atoms with Crippen LogP contribution in [0, 0.1) is 0 Å². The first-order valence-corrected chi connectivity index (χ1v) is 5.22. The van der Waals surface area contributed by atoms with Crippen LogP contribution in [-0.4, -0.2) is 22.4 Å². The van der Waals surface area contributed by atoms with E-state index in [0.29, 0.717) is 10.6 Å². The van der Waals surface area contributed by atoms with E-state index in [1.165, 1.54) is 6.21 Å². The number of anilines is 1. The maximum atomic E-state index is 11.5. The van der Waals surface area contributed by atoms with E-state index in [9.17, 15) is 4.79 Å². The first-order chi connectivity index (χ1) is 8.68. The number of hydrogen-bond donors (Lipinski definition) is 2. The van der Waals surface area contributed by atoms with Gasteiger partial charge < -0.3 is 5.73 Å². The minimum atomic E-state index is -0.614. The third-order valence-electron chi connectivity index (χ3n) is 2.00. The summed E-state index contributed by atoms with van der Waals surface area (Å²) >= 11 is 5.90. The Labute approximate surface area is 107 Å². The van der Waals surface area contributed by atoms with Crippen LogP contribution in [0.15, 0.2) is 34.0 Å². The molecule has 92 valence electrons. The molecule has 0 aliphatic carbocycles. The maximum absolute atomic E-state index is 11.5. The average molecular weight is 266 g/mol. The SMILES string of the molecule is Nc1nonc1C(=O)NN=Cc1ccccc1Cl. The van der Waals surface area contributed by atoms with Crippen molar-refractivity contribution in [1.29, 1.82) is 0 Å². The standard InChI is InChI=1S/C10H8ClN5O2/c11-7-4-2-1-3-6(7)5-13-14-10(17)8-9(12)16-18-15-8/h1-5H,(H2,12,16)(H,14,17). The number of benzene rings is 1. The smallest absolute Gasteiger partial charge is 0.297 e. The number of halogens is 1. The summed E-state index contributed by atoms with van der Waals surface area (Å²) in [5, 5.41) is 10.9. The number of amides is 1. The maximum Gasteiger partial charge on any atom is 0.297 e. The third kappa shape index (κ3) is 2.64. The van der Waals surface area contributed by atoms with Crippen LogP contribution in [0.3, 0.4) is 0 Å². The van der Waals surface area contributed by atoms with Gasteiger partial charge >= 0.3 is 0 Å². The molecule has 1 aromatic heterocycles. The molecule has 0 aliphatic rings. The molecule has 0 atom stereocenters. The van der Waals surface area contributed by atoms with Gasteiger partial charge in [-0.3, -0.25) is 4.79 Å². The minimum Gasteiger partial charge on any atom is -0.379 e. The molecule has 18 heavy (non-hydrogen) atoms. The Kier molecular flexibility index (Phi) is 3.54. The van der Waals surface area contributed by atoms with E-state index in [1.807, 2.05) is 0 Å². The van der Waals surface area contributed by atoms with E-state index < -0.39 is 5.91 Å². The van der Waals surface area contributed by atoms with Crippen LogP contribution < -0.4 is 11.2 Å². The molecular weight excluding hydrogens is 258 g/mol. The first kappa shape index (κ1) is 12.1. The second-order valence-corrected chi connectivity index (χ2v) is 3.63. The lowest BCUT2D eigenvalue weighted by molar-refractivity contribution is 0.0946. The van der Waals surface area contributed by atoms with Gasteiger partial charge in [0, 0.05) is 10.6 Å². The Morgan fingerprint density at radius 1 is 1.44 bits per heavy atom. The Hall–Kier alpha value is -2.41. The summed E-state index contributed by atoms with van der Waals surface area (Å²) in [7, 11) is 0. The molecule has 3 N–H and O–H groups in total. The van der Waals surface area contributed by atoms with E-state index in [2.05, 4.69) is 25.5 Å². The number of hydrazone groups is 1. The molecule has 0 unspecified atom stereocenters. The number of nitrogens with two attached hydrogens (primary N) is 1. The number of aromatic nitrogens is 2. The fourth-order valence-corrected chi connectivity index (χ4v) is 1.33. The molecule has 1 amide bonds. The first-order valence-electron chi connectivity index (χ1n) is 4.84. The van der Waals surface area contributed by atoms with E-state index >= 15 is 0 Å².